The lowest BCUT2D eigenvalue weighted by Gasteiger charge is -2.12. The molecular formula is C26H27N3O3S. The van der Waals surface area contributed by atoms with Crippen molar-refractivity contribution in [1.29, 1.82) is 0 Å². The fourth-order valence-corrected chi connectivity index (χ4v) is 3.11. The van der Waals surface area contributed by atoms with Crippen molar-refractivity contribution in [3.63, 3.8) is 0 Å². The number of carbonyl (C=O) groups is 2. The monoisotopic (exact) mass is 461 g/mol. The standard InChI is InChI=1S/C26H27N3O3S/c1-18(2)24(30)27-21-10-12-22(13-11-21)28-26(33)29-25(31)20-8-14-23(15-9-20)32-17-16-19-6-4-3-5-7-19/h3-15,18H,16-17H2,1-2H3,(H,27,30)(H2,28,29,31,33). The fourth-order valence-electron chi connectivity index (χ4n) is 2.90. The van der Waals surface area contributed by atoms with Gasteiger partial charge in [-0.1, -0.05) is 44.2 Å². The number of carbonyl (C=O) groups excluding carboxylic acids is 2. The molecule has 170 valence electrons. The van der Waals surface area contributed by atoms with Crippen LogP contribution in [-0.4, -0.2) is 23.5 Å². The fraction of sp³-hybridized carbons (Fsp3) is 0.192. The van der Waals surface area contributed by atoms with Gasteiger partial charge in [0, 0.05) is 29.3 Å². The lowest BCUT2D eigenvalue weighted by atomic mass is 10.2. The van der Waals surface area contributed by atoms with E-state index < -0.39 is 0 Å². The molecule has 0 saturated heterocycles. The third-order valence-electron chi connectivity index (χ3n) is 4.78. The van der Waals surface area contributed by atoms with E-state index in [0.29, 0.717) is 29.3 Å². The Kier molecular flexibility index (Phi) is 8.55. The van der Waals surface area contributed by atoms with E-state index in [9.17, 15) is 9.59 Å². The largest absolute Gasteiger partial charge is 0.493 e. The van der Waals surface area contributed by atoms with Crippen molar-refractivity contribution in [3.05, 3.63) is 90.0 Å². The second-order valence-corrected chi connectivity index (χ2v) is 8.15. The van der Waals surface area contributed by atoms with Crippen molar-refractivity contribution in [3.8, 4) is 5.75 Å². The molecule has 3 aromatic rings. The van der Waals surface area contributed by atoms with E-state index in [2.05, 4.69) is 28.1 Å². The smallest absolute Gasteiger partial charge is 0.257 e. The van der Waals surface area contributed by atoms with Crippen LogP contribution >= 0.6 is 12.2 Å². The van der Waals surface area contributed by atoms with Crippen LogP contribution in [0.25, 0.3) is 0 Å². The SMILES string of the molecule is CC(C)C(=O)Nc1ccc(NC(=S)NC(=O)c2ccc(OCCc3ccccc3)cc2)cc1. The minimum Gasteiger partial charge on any atom is -0.493 e. The van der Waals surface area contributed by atoms with Gasteiger partial charge in [0.05, 0.1) is 6.61 Å². The number of thiocarbonyl (C=S) groups is 1. The Labute approximate surface area is 199 Å². The quantitative estimate of drug-likeness (QED) is 0.410. The Morgan fingerprint density at radius 2 is 1.45 bits per heavy atom. The van der Waals surface area contributed by atoms with Crippen LogP contribution in [0, 0.1) is 5.92 Å². The Balaban J connectivity index is 1.45. The van der Waals surface area contributed by atoms with Crippen LogP contribution in [0.5, 0.6) is 5.75 Å². The Morgan fingerprint density at radius 1 is 0.848 bits per heavy atom. The number of nitrogens with one attached hydrogen (secondary N) is 3. The van der Waals surface area contributed by atoms with Gasteiger partial charge in [-0.15, -0.1) is 0 Å². The summed E-state index contributed by atoms with van der Waals surface area (Å²) in [6.45, 7) is 4.22. The highest BCUT2D eigenvalue weighted by atomic mass is 32.1. The lowest BCUT2D eigenvalue weighted by Crippen LogP contribution is -2.34. The number of amides is 2. The van der Waals surface area contributed by atoms with E-state index in [1.807, 2.05) is 32.0 Å². The summed E-state index contributed by atoms with van der Waals surface area (Å²) in [6.07, 6.45) is 0.814. The Morgan fingerprint density at radius 3 is 2.06 bits per heavy atom. The van der Waals surface area contributed by atoms with Gasteiger partial charge in [0.15, 0.2) is 5.11 Å². The second-order valence-electron chi connectivity index (χ2n) is 7.74. The van der Waals surface area contributed by atoms with Crippen molar-refractivity contribution in [2.75, 3.05) is 17.2 Å². The van der Waals surface area contributed by atoms with Gasteiger partial charge in [0.25, 0.3) is 5.91 Å². The highest BCUT2D eigenvalue weighted by Crippen LogP contribution is 2.15. The molecule has 3 rings (SSSR count). The third-order valence-corrected chi connectivity index (χ3v) is 4.98. The van der Waals surface area contributed by atoms with Crippen molar-refractivity contribution in [2.45, 2.75) is 20.3 Å². The zero-order chi connectivity index (χ0) is 23.6. The predicted octanol–water partition coefficient (Wildman–Crippen LogP) is 5.03. The number of rotatable bonds is 8. The third kappa shape index (κ3) is 7.73. The molecular weight excluding hydrogens is 434 g/mol. The summed E-state index contributed by atoms with van der Waals surface area (Å²) >= 11 is 5.24. The van der Waals surface area contributed by atoms with E-state index in [4.69, 9.17) is 17.0 Å². The molecule has 2 amide bonds. The topological polar surface area (TPSA) is 79.5 Å². The first-order valence-corrected chi connectivity index (χ1v) is 11.1. The average molecular weight is 462 g/mol. The highest BCUT2D eigenvalue weighted by molar-refractivity contribution is 7.80. The zero-order valence-electron chi connectivity index (χ0n) is 18.6. The van der Waals surface area contributed by atoms with Crippen LogP contribution < -0.4 is 20.7 Å². The van der Waals surface area contributed by atoms with Crippen LogP contribution in [0.3, 0.4) is 0 Å². The molecule has 0 fully saturated rings. The number of hydrogen-bond donors (Lipinski definition) is 3. The van der Waals surface area contributed by atoms with Gasteiger partial charge in [0.2, 0.25) is 5.91 Å². The summed E-state index contributed by atoms with van der Waals surface area (Å²) in [5.41, 5.74) is 3.08. The van der Waals surface area contributed by atoms with Crippen molar-refractivity contribution >= 4 is 40.5 Å². The molecule has 33 heavy (non-hydrogen) atoms. The number of anilines is 2. The molecule has 0 spiro atoms. The first kappa shape index (κ1) is 23.9. The van der Waals surface area contributed by atoms with Crippen LogP contribution in [0.2, 0.25) is 0 Å². The summed E-state index contributed by atoms with van der Waals surface area (Å²) in [4.78, 5) is 24.2. The summed E-state index contributed by atoms with van der Waals surface area (Å²) in [7, 11) is 0. The molecule has 0 bridgehead atoms. The van der Waals surface area contributed by atoms with Gasteiger partial charge in [-0.3, -0.25) is 14.9 Å². The summed E-state index contributed by atoms with van der Waals surface area (Å²) in [5.74, 6) is 0.239. The van der Waals surface area contributed by atoms with Gasteiger partial charge >= 0.3 is 0 Å². The molecule has 0 aliphatic carbocycles. The Bertz CT molecular complexity index is 1080. The summed E-state index contributed by atoms with van der Waals surface area (Å²) < 4.78 is 5.76. The van der Waals surface area contributed by atoms with Crippen LogP contribution in [0.1, 0.15) is 29.8 Å². The van der Waals surface area contributed by atoms with Gasteiger partial charge in [-0.2, -0.15) is 0 Å². The number of benzene rings is 3. The van der Waals surface area contributed by atoms with Crippen molar-refractivity contribution < 1.29 is 14.3 Å². The molecule has 0 heterocycles. The van der Waals surface area contributed by atoms with Gasteiger partial charge in [-0.25, -0.2) is 0 Å². The van der Waals surface area contributed by atoms with Crippen molar-refractivity contribution in [2.24, 2.45) is 5.92 Å². The molecule has 0 aromatic heterocycles. The first-order valence-electron chi connectivity index (χ1n) is 10.7. The first-order chi connectivity index (χ1) is 15.9. The number of ether oxygens (including phenoxy) is 1. The second kappa shape index (κ2) is 11.8. The molecule has 7 heteroatoms. The summed E-state index contributed by atoms with van der Waals surface area (Å²) in [6, 6.07) is 24.1. The van der Waals surface area contributed by atoms with Crippen LogP contribution in [0.15, 0.2) is 78.9 Å². The molecule has 6 nitrogen and oxygen atoms in total. The van der Waals surface area contributed by atoms with Crippen LogP contribution in [-0.2, 0) is 11.2 Å². The number of hydrogen-bond acceptors (Lipinski definition) is 4. The summed E-state index contributed by atoms with van der Waals surface area (Å²) in [5, 5.41) is 8.63. The van der Waals surface area contributed by atoms with E-state index >= 15 is 0 Å². The molecule has 3 N–H and O–H groups in total. The highest BCUT2D eigenvalue weighted by Gasteiger charge is 2.10. The molecule has 3 aromatic carbocycles. The molecule has 0 atom stereocenters. The predicted molar refractivity (Wildman–Crippen MR) is 136 cm³/mol. The minimum absolute atomic E-state index is 0.0499. The molecule has 0 unspecified atom stereocenters. The van der Waals surface area contributed by atoms with Crippen LogP contribution in [0.4, 0.5) is 11.4 Å². The maximum atomic E-state index is 12.5. The van der Waals surface area contributed by atoms with E-state index in [1.54, 1.807) is 48.5 Å². The maximum absolute atomic E-state index is 12.5. The van der Waals surface area contributed by atoms with E-state index in [1.165, 1.54) is 5.56 Å². The van der Waals surface area contributed by atoms with Crippen molar-refractivity contribution in [1.82, 2.24) is 5.32 Å². The van der Waals surface area contributed by atoms with Gasteiger partial charge in [0.1, 0.15) is 5.75 Å². The molecule has 0 radical (unpaired) electrons. The minimum atomic E-state index is -0.316. The van der Waals surface area contributed by atoms with Gasteiger partial charge in [-0.05, 0) is 66.3 Å². The molecule has 0 saturated carbocycles. The van der Waals surface area contributed by atoms with E-state index in [-0.39, 0.29) is 22.8 Å². The van der Waals surface area contributed by atoms with Gasteiger partial charge < -0.3 is 15.4 Å². The van der Waals surface area contributed by atoms with E-state index in [0.717, 1.165) is 6.42 Å². The maximum Gasteiger partial charge on any atom is 0.257 e. The molecule has 0 aliphatic rings. The zero-order valence-corrected chi connectivity index (χ0v) is 19.4. The normalized spacial score (nSPS) is 10.4. The Hall–Kier alpha value is -3.71. The average Bonchev–Trinajstić information content (AvgIpc) is 2.81. The lowest BCUT2D eigenvalue weighted by molar-refractivity contribution is -0.118. The molecule has 0 aliphatic heterocycles.